The van der Waals surface area contributed by atoms with Crippen molar-refractivity contribution in [3.05, 3.63) is 17.8 Å². The second kappa shape index (κ2) is 4.01. The van der Waals surface area contributed by atoms with E-state index in [1.807, 2.05) is 0 Å². The fraction of sp³-hybridized carbons (Fsp3) is 0.545. The van der Waals surface area contributed by atoms with Gasteiger partial charge in [-0.15, -0.1) is 0 Å². The van der Waals surface area contributed by atoms with E-state index in [0.717, 1.165) is 0 Å². The van der Waals surface area contributed by atoms with Gasteiger partial charge >= 0.3 is 6.18 Å². The smallest absolute Gasteiger partial charge is 0.397 e. The van der Waals surface area contributed by atoms with Gasteiger partial charge in [0.2, 0.25) is 0 Å². The van der Waals surface area contributed by atoms with E-state index in [2.05, 4.69) is 4.98 Å². The third-order valence-electron chi connectivity index (χ3n) is 3.21. The zero-order chi connectivity index (χ0) is 13.6. The second-order valence-electron chi connectivity index (χ2n) is 4.54. The van der Waals surface area contributed by atoms with Crippen molar-refractivity contribution in [3.63, 3.8) is 0 Å². The summed E-state index contributed by atoms with van der Waals surface area (Å²) in [5, 5.41) is 9.56. The Bertz CT molecular complexity index is 463. The molecule has 4 nitrogen and oxygen atoms in total. The number of nitrogen functional groups attached to an aromatic ring is 1. The van der Waals surface area contributed by atoms with Crippen molar-refractivity contribution in [2.75, 3.05) is 23.7 Å². The van der Waals surface area contributed by atoms with Crippen LogP contribution in [0.5, 0.6) is 0 Å². The van der Waals surface area contributed by atoms with Crippen molar-refractivity contribution in [2.24, 2.45) is 0 Å². The molecule has 1 aliphatic rings. The summed E-state index contributed by atoms with van der Waals surface area (Å²) in [5.74, 6) is 0.405. The van der Waals surface area contributed by atoms with Crippen molar-refractivity contribution in [3.8, 4) is 0 Å². The third kappa shape index (κ3) is 2.10. The number of anilines is 2. The standard InChI is InChI=1S/C11H14F3N3O/c1-7-8(15)2-3-9(16-7)17-5-4-10(18,6-17)11(12,13)14/h2-3,18H,4-6,15H2,1H3. The Balaban J connectivity index is 2.21. The topological polar surface area (TPSA) is 62.4 Å². The molecular weight excluding hydrogens is 247 g/mol. The molecule has 1 aromatic heterocycles. The van der Waals surface area contributed by atoms with Crippen LogP contribution in [0.25, 0.3) is 0 Å². The van der Waals surface area contributed by atoms with Gasteiger partial charge in [0.25, 0.3) is 0 Å². The molecule has 0 radical (unpaired) electrons. The quantitative estimate of drug-likeness (QED) is 0.803. The number of β-amino-alcohol motifs (C(OH)–C–C–N with tert-alkyl or cyclic N) is 1. The summed E-state index contributed by atoms with van der Waals surface area (Å²) in [5.41, 5.74) is 4.01. The van der Waals surface area contributed by atoms with Crippen LogP contribution in [0.15, 0.2) is 12.1 Å². The lowest BCUT2D eigenvalue weighted by Gasteiger charge is -2.26. The van der Waals surface area contributed by atoms with Gasteiger partial charge in [-0.2, -0.15) is 13.2 Å². The van der Waals surface area contributed by atoms with Crippen LogP contribution in [0, 0.1) is 6.92 Å². The number of aliphatic hydroxyl groups is 1. The van der Waals surface area contributed by atoms with Crippen LogP contribution < -0.4 is 10.6 Å². The molecule has 7 heteroatoms. The molecule has 2 heterocycles. The largest absolute Gasteiger partial charge is 0.418 e. The van der Waals surface area contributed by atoms with Crippen LogP contribution in [0.3, 0.4) is 0 Å². The Morgan fingerprint density at radius 2 is 2.11 bits per heavy atom. The predicted molar refractivity (Wildman–Crippen MR) is 61.2 cm³/mol. The van der Waals surface area contributed by atoms with Gasteiger partial charge in [0.15, 0.2) is 5.60 Å². The average molecular weight is 261 g/mol. The van der Waals surface area contributed by atoms with Crippen molar-refractivity contribution < 1.29 is 18.3 Å². The van der Waals surface area contributed by atoms with E-state index in [4.69, 9.17) is 5.73 Å². The summed E-state index contributed by atoms with van der Waals surface area (Å²) in [6, 6.07) is 3.16. The van der Waals surface area contributed by atoms with Crippen molar-refractivity contribution in [2.45, 2.75) is 25.1 Å². The molecule has 1 saturated heterocycles. The van der Waals surface area contributed by atoms with E-state index in [1.54, 1.807) is 19.1 Å². The SMILES string of the molecule is Cc1nc(N2CCC(O)(C(F)(F)F)C2)ccc1N. The maximum Gasteiger partial charge on any atom is 0.418 e. The van der Waals surface area contributed by atoms with Gasteiger partial charge in [0, 0.05) is 13.0 Å². The van der Waals surface area contributed by atoms with Crippen LogP contribution in [0.1, 0.15) is 12.1 Å². The fourth-order valence-corrected chi connectivity index (χ4v) is 1.96. The number of alkyl halides is 3. The Hall–Kier alpha value is -1.50. The predicted octanol–water partition coefficient (Wildman–Crippen LogP) is 1.48. The number of nitrogens with zero attached hydrogens (tertiary/aromatic N) is 2. The van der Waals surface area contributed by atoms with E-state index in [9.17, 15) is 18.3 Å². The molecule has 1 atom stereocenters. The highest BCUT2D eigenvalue weighted by Gasteiger charge is 2.57. The molecule has 100 valence electrons. The maximum atomic E-state index is 12.7. The fourth-order valence-electron chi connectivity index (χ4n) is 1.96. The number of hydrogen-bond donors (Lipinski definition) is 2. The Kier molecular flexibility index (Phi) is 2.89. The van der Waals surface area contributed by atoms with Gasteiger partial charge in [0.05, 0.1) is 17.9 Å². The molecular formula is C11H14F3N3O. The lowest BCUT2D eigenvalue weighted by Crippen LogP contribution is -2.47. The van der Waals surface area contributed by atoms with E-state index >= 15 is 0 Å². The van der Waals surface area contributed by atoms with Gasteiger partial charge in [-0.1, -0.05) is 0 Å². The highest BCUT2D eigenvalue weighted by molar-refractivity contribution is 5.51. The summed E-state index contributed by atoms with van der Waals surface area (Å²) >= 11 is 0. The minimum Gasteiger partial charge on any atom is -0.397 e. The summed E-state index contributed by atoms with van der Waals surface area (Å²) < 4.78 is 38.0. The minimum atomic E-state index is -4.62. The lowest BCUT2D eigenvalue weighted by molar-refractivity contribution is -0.250. The van der Waals surface area contributed by atoms with E-state index in [1.165, 1.54) is 4.90 Å². The molecule has 1 unspecified atom stereocenters. The number of pyridine rings is 1. The molecule has 0 amide bonds. The van der Waals surface area contributed by atoms with Crippen molar-refractivity contribution >= 4 is 11.5 Å². The lowest BCUT2D eigenvalue weighted by atomic mass is 10.0. The van der Waals surface area contributed by atoms with Gasteiger partial charge in [-0.25, -0.2) is 4.98 Å². The molecule has 0 aromatic carbocycles. The Morgan fingerprint density at radius 3 is 2.61 bits per heavy atom. The number of aromatic nitrogens is 1. The van der Waals surface area contributed by atoms with Crippen LogP contribution in [0.2, 0.25) is 0 Å². The normalized spacial score (nSPS) is 24.6. The molecule has 0 aliphatic carbocycles. The summed E-state index contributed by atoms with van der Waals surface area (Å²) in [7, 11) is 0. The minimum absolute atomic E-state index is 0.117. The molecule has 0 spiro atoms. The molecule has 18 heavy (non-hydrogen) atoms. The third-order valence-corrected chi connectivity index (χ3v) is 3.21. The van der Waals surface area contributed by atoms with Gasteiger partial charge in [-0.3, -0.25) is 0 Å². The molecule has 1 aliphatic heterocycles. The number of hydrogen-bond acceptors (Lipinski definition) is 4. The molecule has 2 rings (SSSR count). The molecule has 1 fully saturated rings. The first-order chi connectivity index (χ1) is 8.23. The highest BCUT2D eigenvalue weighted by Crippen LogP contribution is 2.38. The Labute approximate surface area is 102 Å². The maximum absolute atomic E-state index is 12.7. The van der Waals surface area contributed by atoms with Crippen LogP contribution in [-0.2, 0) is 0 Å². The summed E-state index contributed by atoms with van der Waals surface area (Å²) in [4.78, 5) is 5.54. The van der Waals surface area contributed by atoms with E-state index in [-0.39, 0.29) is 13.0 Å². The zero-order valence-electron chi connectivity index (χ0n) is 9.83. The van der Waals surface area contributed by atoms with Crippen LogP contribution in [0.4, 0.5) is 24.7 Å². The van der Waals surface area contributed by atoms with Crippen LogP contribution >= 0.6 is 0 Å². The monoisotopic (exact) mass is 261 g/mol. The zero-order valence-corrected chi connectivity index (χ0v) is 9.83. The highest BCUT2D eigenvalue weighted by atomic mass is 19.4. The van der Waals surface area contributed by atoms with Gasteiger partial charge in [0.1, 0.15) is 5.82 Å². The summed E-state index contributed by atoms with van der Waals surface area (Å²) in [6.07, 6.45) is -4.97. The molecule has 0 saturated carbocycles. The van der Waals surface area contributed by atoms with Crippen molar-refractivity contribution in [1.82, 2.24) is 4.98 Å². The average Bonchev–Trinajstić information content (AvgIpc) is 2.66. The van der Waals surface area contributed by atoms with Gasteiger partial charge in [-0.05, 0) is 19.1 Å². The second-order valence-corrected chi connectivity index (χ2v) is 4.54. The van der Waals surface area contributed by atoms with E-state index in [0.29, 0.717) is 17.2 Å². The first-order valence-electron chi connectivity index (χ1n) is 5.50. The van der Waals surface area contributed by atoms with Gasteiger partial charge < -0.3 is 15.7 Å². The first-order valence-corrected chi connectivity index (χ1v) is 5.50. The molecule has 0 bridgehead atoms. The van der Waals surface area contributed by atoms with Crippen LogP contribution in [-0.4, -0.2) is 35.0 Å². The number of nitrogens with two attached hydrogens (primary N) is 1. The Morgan fingerprint density at radius 1 is 1.44 bits per heavy atom. The first kappa shape index (κ1) is 12.9. The number of rotatable bonds is 1. The molecule has 3 N–H and O–H groups in total. The van der Waals surface area contributed by atoms with E-state index < -0.39 is 18.3 Å². The number of aryl methyl sites for hydroxylation is 1. The summed E-state index contributed by atoms with van der Waals surface area (Å²) in [6.45, 7) is 1.31. The van der Waals surface area contributed by atoms with Crippen molar-refractivity contribution in [1.29, 1.82) is 0 Å². The number of halogens is 3. The molecule has 1 aromatic rings.